The maximum Gasteiger partial charge on any atom is 0.342 e. The zero-order valence-corrected chi connectivity index (χ0v) is 22.1. The third kappa shape index (κ3) is 4.80. The van der Waals surface area contributed by atoms with Crippen LogP contribution in [0.1, 0.15) is 16.7 Å². The first kappa shape index (κ1) is 26.7. The molecule has 0 spiro atoms. The Morgan fingerprint density at radius 1 is 0.711 bits per heavy atom. The molecule has 1 heterocycles. The highest BCUT2D eigenvalue weighted by Gasteiger charge is 2.48. The minimum absolute atomic E-state index is 0.111. The molecule has 4 rings (SSSR count). The van der Waals surface area contributed by atoms with Crippen LogP contribution in [0.2, 0.25) is 0 Å². The lowest BCUT2D eigenvalue weighted by molar-refractivity contribution is -0.185. The lowest BCUT2D eigenvalue weighted by Crippen LogP contribution is -2.29. The number of hydrogen-bond acceptors (Lipinski definition) is 9. The van der Waals surface area contributed by atoms with E-state index >= 15 is 0 Å². The molecule has 1 N–H and O–H groups in total. The lowest BCUT2D eigenvalue weighted by Gasteiger charge is -2.26. The average Bonchev–Trinajstić information content (AvgIpc) is 3.21. The monoisotopic (exact) mass is 522 g/mol. The van der Waals surface area contributed by atoms with Crippen molar-refractivity contribution in [3.63, 3.8) is 0 Å². The van der Waals surface area contributed by atoms with Crippen LogP contribution < -0.4 is 28.4 Å². The number of cyclic esters (lactones) is 1. The Morgan fingerprint density at radius 3 is 1.74 bits per heavy atom. The van der Waals surface area contributed by atoms with E-state index in [4.69, 9.17) is 33.2 Å². The number of carbonyl (C=O) groups is 1. The summed E-state index contributed by atoms with van der Waals surface area (Å²) in [6, 6.07) is 15.3. The van der Waals surface area contributed by atoms with Gasteiger partial charge in [-0.1, -0.05) is 0 Å². The van der Waals surface area contributed by atoms with Gasteiger partial charge >= 0.3 is 5.97 Å². The molecule has 1 aliphatic heterocycles. The Kier molecular flexibility index (Phi) is 7.68. The summed E-state index contributed by atoms with van der Waals surface area (Å²) < 4.78 is 38.2. The summed E-state index contributed by atoms with van der Waals surface area (Å²) in [7, 11) is 9.13. The first-order valence-corrected chi connectivity index (χ1v) is 11.7. The van der Waals surface area contributed by atoms with Gasteiger partial charge in [0.05, 0.1) is 48.2 Å². The predicted molar refractivity (Wildman–Crippen MR) is 139 cm³/mol. The van der Waals surface area contributed by atoms with E-state index in [-0.39, 0.29) is 12.0 Å². The first-order chi connectivity index (χ1) is 18.3. The summed E-state index contributed by atoms with van der Waals surface area (Å²) in [6.07, 6.45) is 0.111. The van der Waals surface area contributed by atoms with Gasteiger partial charge < -0.3 is 38.3 Å². The maximum absolute atomic E-state index is 13.4. The van der Waals surface area contributed by atoms with Crippen LogP contribution >= 0.6 is 0 Å². The maximum atomic E-state index is 13.4. The second-order valence-corrected chi connectivity index (χ2v) is 8.43. The van der Waals surface area contributed by atoms with Crippen molar-refractivity contribution in [3.05, 3.63) is 76.9 Å². The third-order valence-electron chi connectivity index (χ3n) is 6.38. The molecule has 0 aromatic heterocycles. The summed E-state index contributed by atoms with van der Waals surface area (Å²) in [5.41, 5.74) is 2.02. The van der Waals surface area contributed by atoms with Crippen molar-refractivity contribution in [1.29, 1.82) is 0 Å². The smallest absolute Gasteiger partial charge is 0.342 e. The number of hydrogen-bond donors (Lipinski definition) is 1. The minimum Gasteiger partial charge on any atom is -0.497 e. The van der Waals surface area contributed by atoms with Gasteiger partial charge in [-0.05, 0) is 59.7 Å². The van der Waals surface area contributed by atoms with Crippen molar-refractivity contribution in [1.82, 2.24) is 0 Å². The van der Waals surface area contributed by atoms with E-state index in [9.17, 15) is 9.90 Å². The molecule has 1 atom stereocenters. The number of rotatable bonds is 10. The fraction of sp³-hybridized carbons (Fsp3) is 0.276. The molecule has 38 heavy (non-hydrogen) atoms. The van der Waals surface area contributed by atoms with Gasteiger partial charge in [0.15, 0.2) is 11.5 Å². The fourth-order valence-corrected chi connectivity index (χ4v) is 4.48. The Bertz CT molecular complexity index is 1310. The standard InChI is InChI=1S/C29H30O9/c1-32-20-9-7-19(8-10-20)29(31)23(11-17-12-24(35-4)27(37-6)25(13-17)36-5)26(28(30)38-29)18-14-21(33-2)16-22(15-18)34-3/h7-10,12-16,31H,11H2,1-6H3. The number of carbonyl (C=O) groups excluding carboxylic acids is 1. The first-order valence-electron chi connectivity index (χ1n) is 11.7. The molecule has 200 valence electrons. The van der Waals surface area contributed by atoms with Gasteiger partial charge in [0, 0.05) is 23.6 Å². The molecule has 0 aliphatic carbocycles. The predicted octanol–water partition coefficient (Wildman–Crippen LogP) is 4.14. The van der Waals surface area contributed by atoms with E-state index in [1.165, 1.54) is 35.5 Å². The molecule has 9 heteroatoms. The number of methoxy groups -OCH3 is 6. The lowest BCUT2D eigenvalue weighted by atomic mass is 9.87. The van der Waals surface area contributed by atoms with E-state index in [0.717, 1.165) is 0 Å². The quantitative estimate of drug-likeness (QED) is 0.394. The fourth-order valence-electron chi connectivity index (χ4n) is 4.48. The molecule has 0 saturated heterocycles. The summed E-state index contributed by atoms with van der Waals surface area (Å²) in [4.78, 5) is 13.4. The molecule has 9 nitrogen and oxygen atoms in total. The van der Waals surface area contributed by atoms with Crippen molar-refractivity contribution in [2.75, 3.05) is 42.7 Å². The van der Waals surface area contributed by atoms with Gasteiger partial charge in [-0.2, -0.15) is 0 Å². The molecule has 0 bridgehead atoms. The minimum atomic E-state index is -2.06. The summed E-state index contributed by atoms with van der Waals surface area (Å²) >= 11 is 0. The van der Waals surface area contributed by atoms with Crippen molar-refractivity contribution >= 4 is 11.5 Å². The Labute approximate surface area is 221 Å². The number of esters is 1. The second-order valence-electron chi connectivity index (χ2n) is 8.43. The molecule has 3 aromatic carbocycles. The van der Waals surface area contributed by atoms with E-state index < -0.39 is 11.8 Å². The van der Waals surface area contributed by atoms with E-state index in [2.05, 4.69) is 0 Å². The zero-order valence-electron chi connectivity index (χ0n) is 22.1. The molecular weight excluding hydrogens is 492 g/mol. The van der Waals surface area contributed by atoms with E-state index in [1.54, 1.807) is 61.7 Å². The van der Waals surface area contributed by atoms with Crippen molar-refractivity contribution in [2.24, 2.45) is 0 Å². The second kappa shape index (κ2) is 10.9. The molecule has 0 amide bonds. The summed E-state index contributed by atoms with van der Waals surface area (Å²) in [6.45, 7) is 0. The normalized spacial score (nSPS) is 16.7. The third-order valence-corrected chi connectivity index (χ3v) is 6.38. The summed E-state index contributed by atoms with van der Waals surface area (Å²) in [5.74, 6) is 0.0919. The molecular formula is C29H30O9. The van der Waals surface area contributed by atoms with Crippen LogP contribution in [0.5, 0.6) is 34.5 Å². The van der Waals surface area contributed by atoms with Gasteiger partial charge in [0.25, 0.3) is 5.79 Å². The van der Waals surface area contributed by atoms with Gasteiger partial charge in [0.1, 0.15) is 17.2 Å². The highest BCUT2D eigenvalue weighted by Crippen LogP contribution is 2.47. The molecule has 0 radical (unpaired) electrons. The highest BCUT2D eigenvalue weighted by molar-refractivity contribution is 6.20. The topological polar surface area (TPSA) is 102 Å². The number of benzene rings is 3. The van der Waals surface area contributed by atoms with Gasteiger partial charge in [-0.3, -0.25) is 0 Å². The van der Waals surface area contributed by atoms with Crippen LogP contribution in [0.15, 0.2) is 60.2 Å². The Morgan fingerprint density at radius 2 is 1.26 bits per heavy atom. The SMILES string of the molecule is COc1ccc(C2(O)OC(=O)C(c3cc(OC)cc(OC)c3)=C2Cc2cc(OC)c(OC)c(OC)c2)cc1. The van der Waals surface area contributed by atoms with Gasteiger partial charge in [-0.15, -0.1) is 0 Å². The van der Waals surface area contributed by atoms with Crippen LogP contribution in [-0.4, -0.2) is 53.7 Å². The Balaban J connectivity index is 1.96. The average molecular weight is 523 g/mol. The Hall–Kier alpha value is -4.37. The van der Waals surface area contributed by atoms with Crippen LogP contribution in [-0.2, 0) is 21.7 Å². The van der Waals surface area contributed by atoms with E-state index in [1.807, 2.05) is 0 Å². The van der Waals surface area contributed by atoms with Crippen LogP contribution in [0.3, 0.4) is 0 Å². The molecule has 0 fully saturated rings. The molecule has 1 unspecified atom stereocenters. The number of aliphatic hydroxyl groups is 1. The van der Waals surface area contributed by atoms with Gasteiger partial charge in [0.2, 0.25) is 5.75 Å². The number of ether oxygens (including phenoxy) is 7. The molecule has 1 aliphatic rings. The van der Waals surface area contributed by atoms with Crippen LogP contribution in [0.4, 0.5) is 0 Å². The molecule has 3 aromatic rings. The largest absolute Gasteiger partial charge is 0.497 e. The highest BCUT2D eigenvalue weighted by atomic mass is 16.7. The van der Waals surface area contributed by atoms with Crippen LogP contribution in [0, 0.1) is 0 Å². The van der Waals surface area contributed by atoms with Gasteiger partial charge in [-0.25, -0.2) is 4.79 Å². The van der Waals surface area contributed by atoms with Crippen LogP contribution in [0.25, 0.3) is 5.57 Å². The summed E-state index contributed by atoms with van der Waals surface area (Å²) in [5, 5.41) is 12.0. The molecule has 0 saturated carbocycles. The van der Waals surface area contributed by atoms with Crippen molar-refractivity contribution in [3.8, 4) is 34.5 Å². The van der Waals surface area contributed by atoms with Crippen molar-refractivity contribution < 1.29 is 43.1 Å². The zero-order chi connectivity index (χ0) is 27.4. The van der Waals surface area contributed by atoms with E-state index in [0.29, 0.717) is 56.8 Å². The van der Waals surface area contributed by atoms with Crippen molar-refractivity contribution in [2.45, 2.75) is 12.2 Å².